The van der Waals surface area contributed by atoms with Gasteiger partial charge in [0.2, 0.25) is 0 Å². The average molecular weight is 393 g/mol. The van der Waals surface area contributed by atoms with Crippen LogP contribution in [0.5, 0.6) is 0 Å². The van der Waals surface area contributed by atoms with Crippen molar-refractivity contribution in [3.05, 3.63) is 71.8 Å². The number of nitrogens with zero attached hydrogens (tertiary/aromatic N) is 3. The third-order valence-corrected chi connectivity index (χ3v) is 4.74. The summed E-state index contributed by atoms with van der Waals surface area (Å²) < 4.78 is 18.5. The first-order chi connectivity index (χ1) is 14.2. The fourth-order valence-corrected chi connectivity index (χ4v) is 3.31. The zero-order valence-corrected chi connectivity index (χ0v) is 16.4. The molecule has 1 fully saturated rings. The number of para-hydroxylation sites is 2. The van der Waals surface area contributed by atoms with Crippen molar-refractivity contribution in [2.24, 2.45) is 0 Å². The largest absolute Gasteiger partial charge is 0.378 e. The Hall–Kier alpha value is -3.19. The Morgan fingerprint density at radius 1 is 1.00 bits per heavy atom. The number of anilines is 4. The van der Waals surface area contributed by atoms with Gasteiger partial charge in [-0.3, -0.25) is 0 Å². The molecule has 0 aliphatic carbocycles. The number of benzene rings is 2. The van der Waals surface area contributed by atoms with E-state index in [4.69, 9.17) is 4.74 Å². The molecule has 6 nitrogen and oxygen atoms in total. The first-order valence-corrected chi connectivity index (χ1v) is 9.70. The summed E-state index contributed by atoms with van der Waals surface area (Å²) in [6.07, 6.45) is 0. The number of hydrogen-bond acceptors (Lipinski definition) is 6. The van der Waals surface area contributed by atoms with Crippen molar-refractivity contribution in [3.63, 3.8) is 0 Å². The SMILES string of the molecule is Cc1nc(NCc2ccc(F)cc2)cc(Nc2ccccc2N2CCOCC2)n1. The van der Waals surface area contributed by atoms with Crippen molar-refractivity contribution < 1.29 is 9.13 Å². The molecule has 0 spiro atoms. The highest BCUT2D eigenvalue weighted by molar-refractivity contribution is 5.75. The maximum Gasteiger partial charge on any atom is 0.136 e. The van der Waals surface area contributed by atoms with E-state index < -0.39 is 0 Å². The predicted molar refractivity (Wildman–Crippen MR) is 113 cm³/mol. The molecule has 1 aromatic heterocycles. The molecule has 0 atom stereocenters. The van der Waals surface area contributed by atoms with Gasteiger partial charge in [-0.15, -0.1) is 0 Å². The number of rotatable bonds is 6. The van der Waals surface area contributed by atoms with Gasteiger partial charge in [0.25, 0.3) is 0 Å². The second-order valence-electron chi connectivity index (χ2n) is 6.91. The van der Waals surface area contributed by atoms with Crippen molar-refractivity contribution in [3.8, 4) is 0 Å². The fourth-order valence-electron chi connectivity index (χ4n) is 3.31. The van der Waals surface area contributed by atoms with Crippen molar-refractivity contribution >= 4 is 23.0 Å². The topological polar surface area (TPSA) is 62.3 Å². The number of aromatic nitrogens is 2. The Morgan fingerprint density at radius 3 is 2.52 bits per heavy atom. The van der Waals surface area contributed by atoms with Crippen LogP contribution in [-0.4, -0.2) is 36.3 Å². The lowest BCUT2D eigenvalue weighted by Gasteiger charge is -2.30. The van der Waals surface area contributed by atoms with Crippen LogP contribution in [-0.2, 0) is 11.3 Å². The van der Waals surface area contributed by atoms with Gasteiger partial charge in [-0.25, -0.2) is 14.4 Å². The Balaban J connectivity index is 1.50. The number of aryl methyl sites for hydroxylation is 1. The van der Waals surface area contributed by atoms with Gasteiger partial charge in [0.1, 0.15) is 23.3 Å². The third-order valence-electron chi connectivity index (χ3n) is 4.74. The molecule has 2 aromatic carbocycles. The van der Waals surface area contributed by atoms with Crippen LogP contribution >= 0.6 is 0 Å². The molecule has 2 N–H and O–H groups in total. The van der Waals surface area contributed by atoms with E-state index in [-0.39, 0.29) is 5.82 Å². The molecule has 0 unspecified atom stereocenters. The minimum absolute atomic E-state index is 0.239. The van der Waals surface area contributed by atoms with E-state index in [1.165, 1.54) is 12.1 Å². The van der Waals surface area contributed by atoms with Gasteiger partial charge in [0.05, 0.1) is 24.6 Å². The lowest BCUT2D eigenvalue weighted by atomic mass is 10.2. The van der Waals surface area contributed by atoms with Crippen LogP contribution in [0.2, 0.25) is 0 Å². The fraction of sp³-hybridized carbons (Fsp3) is 0.273. The van der Waals surface area contributed by atoms with Crippen LogP contribution in [0.3, 0.4) is 0 Å². The smallest absolute Gasteiger partial charge is 0.136 e. The molecule has 0 amide bonds. The zero-order chi connectivity index (χ0) is 20.1. The summed E-state index contributed by atoms with van der Waals surface area (Å²) in [7, 11) is 0. The summed E-state index contributed by atoms with van der Waals surface area (Å²) >= 11 is 0. The molecule has 29 heavy (non-hydrogen) atoms. The number of hydrogen-bond donors (Lipinski definition) is 2. The van der Waals surface area contributed by atoms with Gasteiger partial charge < -0.3 is 20.3 Å². The maximum absolute atomic E-state index is 13.1. The summed E-state index contributed by atoms with van der Waals surface area (Å²) in [5, 5.41) is 6.72. The molecule has 1 saturated heterocycles. The lowest BCUT2D eigenvalue weighted by molar-refractivity contribution is 0.123. The second-order valence-corrected chi connectivity index (χ2v) is 6.91. The monoisotopic (exact) mass is 393 g/mol. The summed E-state index contributed by atoms with van der Waals surface area (Å²) in [5.41, 5.74) is 3.11. The van der Waals surface area contributed by atoms with E-state index in [0.29, 0.717) is 18.2 Å². The van der Waals surface area contributed by atoms with Crippen LogP contribution in [0, 0.1) is 12.7 Å². The molecule has 0 bridgehead atoms. The Labute approximate surface area is 169 Å². The van der Waals surface area contributed by atoms with Crippen LogP contribution in [0.4, 0.5) is 27.4 Å². The number of halogens is 1. The minimum Gasteiger partial charge on any atom is -0.378 e. The zero-order valence-electron chi connectivity index (χ0n) is 16.4. The molecular weight excluding hydrogens is 369 g/mol. The van der Waals surface area contributed by atoms with Gasteiger partial charge in [0.15, 0.2) is 0 Å². The first-order valence-electron chi connectivity index (χ1n) is 9.70. The summed E-state index contributed by atoms with van der Waals surface area (Å²) in [6, 6.07) is 16.5. The molecule has 1 aliphatic heterocycles. The molecule has 0 radical (unpaired) electrons. The highest BCUT2D eigenvalue weighted by Crippen LogP contribution is 2.29. The highest BCUT2D eigenvalue weighted by atomic mass is 19.1. The van der Waals surface area contributed by atoms with Crippen molar-refractivity contribution in [1.82, 2.24) is 9.97 Å². The minimum atomic E-state index is -0.239. The molecule has 7 heteroatoms. The Morgan fingerprint density at radius 2 is 1.72 bits per heavy atom. The van der Waals surface area contributed by atoms with Crippen LogP contribution in [0.25, 0.3) is 0 Å². The van der Waals surface area contributed by atoms with E-state index in [1.54, 1.807) is 12.1 Å². The summed E-state index contributed by atoms with van der Waals surface area (Å²) in [6.45, 7) is 5.62. The standard InChI is InChI=1S/C22H24FN5O/c1-16-25-21(24-15-17-6-8-18(23)9-7-17)14-22(26-16)27-19-4-2-3-5-20(19)28-10-12-29-13-11-28/h2-9,14H,10-13,15H2,1H3,(H2,24,25,26,27). The third kappa shape index (κ3) is 5.00. The van der Waals surface area contributed by atoms with Gasteiger partial charge in [-0.1, -0.05) is 24.3 Å². The molecule has 3 aromatic rings. The van der Waals surface area contributed by atoms with E-state index >= 15 is 0 Å². The Bertz CT molecular complexity index is 958. The average Bonchev–Trinajstić information content (AvgIpc) is 2.74. The first kappa shape index (κ1) is 19.1. The quantitative estimate of drug-likeness (QED) is 0.657. The van der Waals surface area contributed by atoms with Gasteiger partial charge in [-0.2, -0.15) is 0 Å². The molecular formula is C22H24FN5O. The molecule has 150 valence electrons. The van der Waals surface area contributed by atoms with Gasteiger partial charge in [0, 0.05) is 25.7 Å². The van der Waals surface area contributed by atoms with Crippen molar-refractivity contribution in [2.75, 3.05) is 41.8 Å². The van der Waals surface area contributed by atoms with E-state index in [1.807, 2.05) is 31.2 Å². The lowest BCUT2D eigenvalue weighted by Crippen LogP contribution is -2.36. The van der Waals surface area contributed by atoms with Crippen LogP contribution in [0.1, 0.15) is 11.4 Å². The predicted octanol–water partition coefficient (Wildman–Crippen LogP) is 4.12. The van der Waals surface area contributed by atoms with Gasteiger partial charge >= 0.3 is 0 Å². The van der Waals surface area contributed by atoms with Crippen LogP contribution in [0.15, 0.2) is 54.6 Å². The van der Waals surface area contributed by atoms with Crippen LogP contribution < -0.4 is 15.5 Å². The van der Waals surface area contributed by atoms with Gasteiger partial charge in [-0.05, 0) is 36.8 Å². The Kier molecular flexibility index (Phi) is 5.86. The number of morpholine rings is 1. The number of ether oxygens (including phenoxy) is 1. The van der Waals surface area contributed by atoms with E-state index in [2.05, 4.69) is 31.6 Å². The van der Waals surface area contributed by atoms with Crippen molar-refractivity contribution in [1.29, 1.82) is 0 Å². The maximum atomic E-state index is 13.1. The van der Waals surface area contributed by atoms with E-state index in [9.17, 15) is 4.39 Å². The number of nitrogens with one attached hydrogen (secondary N) is 2. The molecule has 1 aliphatic rings. The normalized spacial score (nSPS) is 13.9. The van der Waals surface area contributed by atoms with E-state index in [0.717, 1.165) is 49.1 Å². The second kappa shape index (κ2) is 8.87. The molecule has 4 rings (SSSR count). The summed E-state index contributed by atoms with van der Waals surface area (Å²) in [5.74, 6) is 1.87. The summed E-state index contributed by atoms with van der Waals surface area (Å²) in [4.78, 5) is 11.3. The highest BCUT2D eigenvalue weighted by Gasteiger charge is 2.15. The van der Waals surface area contributed by atoms with Crippen molar-refractivity contribution in [2.45, 2.75) is 13.5 Å². The molecule has 0 saturated carbocycles. The molecule has 2 heterocycles.